The van der Waals surface area contributed by atoms with E-state index in [0.29, 0.717) is 6.61 Å². The van der Waals surface area contributed by atoms with Crippen LogP contribution in [0, 0.1) is 0 Å². The minimum Gasteiger partial charge on any atom is -0.450 e. The van der Waals surface area contributed by atoms with Gasteiger partial charge in [-0.05, 0) is 24.9 Å². The summed E-state index contributed by atoms with van der Waals surface area (Å²) >= 11 is 0. The second-order valence-corrected chi connectivity index (χ2v) is 4.50. The topological polar surface area (TPSA) is 41.6 Å². The summed E-state index contributed by atoms with van der Waals surface area (Å²) in [5, 5.41) is 2.44. The third-order valence-electron chi connectivity index (χ3n) is 2.84. The number of amides is 1. The van der Waals surface area contributed by atoms with Crippen molar-refractivity contribution in [3.8, 4) is 0 Å². The summed E-state index contributed by atoms with van der Waals surface area (Å²) in [6.45, 7) is 5.61. The molecule has 1 aromatic carbocycles. The van der Waals surface area contributed by atoms with Crippen LogP contribution >= 0.6 is 0 Å². The normalized spacial score (nSPS) is 10.5. The van der Waals surface area contributed by atoms with Gasteiger partial charge in [0.25, 0.3) is 0 Å². The summed E-state index contributed by atoms with van der Waals surface area (Å²) in [6.07, 6.45) is 1.63. The third-order valence-corrected chi connectivity index (χ3v) is 2.84. The molecule has 0 aliphatic carbocycles. The van der Waals surface area contributed by atoms with E-state index in [2.05, 4.69) is 41.4 Å². The van der Waals surface area contributed by atoms with Gasteiger partial charge in [0.15, 0.2) is 0 Å². The van der Waals surface area contributed by atoms with Gasteiger partial charge in [0, 0.05) is 20.1 Å². The Morgan fingerprint density at radius 1 is 1.26 bits per heavy atom. The van der Waals surface area contributed by atoms with Crippen LogP contribution in [0.15, 0.2) is 30.3 Å². The quantitative estimate of drug-likeness (QED) is 0.734. The summed E-state index contributed by atoms with van der Waals surface area (Å²) < 4.78 is 4.99. The van der Waals surface area contributed by atoms with Gasteiger partial charge >= 0.3 is 6.09 Å². The molecule has 1 aromatic rings. The number of nitrogens with one attached hydrogen (secondary N) is 1. The van der Waals surface area contributed by atoms with E-state index in [0.717, 1.165) is 32.5 Å². The summed E-state index contributed by atoms with van der Waals surface area (Å²) in [7, 11) is 1.57. The molecule has 1 N–H and O–H groups in total. The predicted octanol–water partition coefficient (Wildman–Crippen LogP) is 2.64. The Morgan fingerprint density at radius 3 is 2.63 bits per heavy atom. The maximum absolute atomic E-state index is 10.9. The van der Waals surface area contributed by atoms with Crippen LogP contribution in [-0.4, -0.2) is 37.7 Å². The molecule has 0 spiro atoms. The molecule has 0 saturated heterocycles. The van der Waals surface area contributed by atoms with E-state index < -0.39 is 0 Å². The summed E-state index contributed by atoms with van der Waals surface area (Å²) in [6, 6.07) is 10.4. The fourth-order valence-electron chi connectivity index (χ4n) is 1.95. The maximum atomic E-state index is 10.9. The highest BCUT2D eigenvalue weighted by Gasteiger charge is 2.05. The molecule has 0 saturated carbocycles. The van der Waals surface area contributed by atoms with Gasteiger partial charge in [-0.2, -0.15) is 0 Å². The van der Waals surface area contributed by atoms with Crippen molar-refractivity contribution in [3.63, 3.8) is 0 Å². The SMILES string of the molecule is CCCN(CCCOC(=O)NC)Cc1ccccc1. The van der Waals surface area contributed by atoms with Crippen LogP contribution in [0.1, 0.15) is 25.3 Å². The number of hydrogen-bond acceptors (Lipinski definition) is 3. The third kappa shape index (κ3) is 6.82. The summed E-state index contributed by atoms with van der Waals surface area (Å²) in [4.78, 5) is 13.3. The molecule has 0 aromatic heterocycles. The first-order chi connectivity index (χ1) is 9.26. The lowest BCUT2D eigenvalue weighted by Crippen LogP contribution is -2.27. The minimum atomic E-state index is -0.356. The van der Waals surface area contributed by atoms with Crippen molar-refractivity contribution in [1.82, 2.24) is 10.2 Å². The first-order valence-corrected chi connectivity index (χ1v) is 6.87. The zero-order chi connectivity index (χ0) is 13.9. The molecule has 0 unspecified atom stereocenters. The number of ether oxygens (including phenoxy) is 1. The van der Waals surface area contributed by atoms with E-state index in [-0.39, 0.29) is 6.09 Å². The van der Waals surface area contributed by atoms with E-state index in [9.17, 15) is 4.79 Å². The Kier molecular flexibility index (Phi) is 7.66. The van der Waals surface area contributed by atoms with Gasteiger partial charge in [-0.1, -0.05) is 37.3 Å². The molecule has 19 heavy (non-hydrogen) atoms. The molecule has 106 valence electrons. The number of alkyl carbamates (subject to hydrolysis) is 1. The number of carbonyl (C=O) groups excluding carboxylic acids is 1. The second kappa shape index (κ2) is 9.39. The fourth-order valence-corrected chi connectivity index (χ4v) is 1.95. The summed E-state index contributed by atoms with van der Waals surface area (Å²) in [5.74, 6) is 0. The van der Waals surface area contributed by atoms with Crippen LogP contribution in [0.2, 0.25) is 0 Å². The maximum Gasteiger partial charge on any atom is 0.406 e. The molecule has 0 atom stereocenters. The Balaban J connectivity index is 2.30. The summed E-state index contributed by atoms with van der Waals surface area (Å²) in [5.41, 5.74) is 1.32. The molecule has 4 nitrogen and oxygen atoms in total. The largest absolute Gasteiger partial charge is 0.450 e. The van der Waals surface area contributed by atoms with Crippen molar-refractivity contribution in [2.24, 2.45) is 0 Å². The molecule has 0 bridgehead atoms. The van der Waals surface area contributed by atoms with Crippen molar-refractivity contribution in [3.05, 3.63) is 35.9 Å². The molecule has 1 rings (SSSR count). The Hall–Kier alpha value is -1.55. The average Bonchev–Trinajstić information content (AvgIpc) is 2.44. The molecule has 0 heterocycles. The molecule has 0 aliphatic heterocycles. The van der Waals surface area contributed by atoms with Gasteiger partial charge in [-0.25, -0.2) is 4.79 Å². The van der Waals surface area contributed by atoms with Crippen LogP contribution in [0.3, 0.4) is 0 Å². The highest BCUT2D eigenvalue weighted by atomic mass is 16.5. The fraction of sp³-hybridized carbons (Fsp3) is 0.533. The highest BCUT2D eigenvalue weighted by Crippen LogP contribution is 2.05. The molecule has 4 heteroatoms. The first-order valence-electron chi connectivity index (χ1n) is 6.87. The van der Waals surface area contributed by atoms with Gasteiger partial charge in [0.1, 0.15) is 0 Å². The average molecular weight is 264 g/mol. The first kappa shape index (κ1) is 15.5. The molecule has 0 radical (unpaired) electrons. The Morgan fingerprint density at radius 2 is 2.00 bits per heavy atom. The Bertz CT molecular complexity index is 354. The van der Waals surface area contributed by atoms with Gasteiger partial charge in [0.2, 0.25) is 0 Å². The van der Waals surface area contributed by atoms with Crippen LogP contribution < -0.4 is 5.32 Å². The van der Waals surface area contributed by atoms with E-state index in [1.807, 2.05) is 6.07 Å². The van der Waals surface area contributed by atoms with Crippen LogP contribution in [0.25, 0.3) is 0 Å². The Labute approximate surface area is 115 Å². The number of hydrogen-bond donors (Lipinski definition) is 1. The van der Waals surface area contributed by atoms with Crippen LogP contribution in [-0.2, 0) is 11.3 Å². The monoisotopic (exact) mass is 264 g/mol. The van der Waals surface area contributed by atoms with Crippen molar-refractivity contribution < 1.29 is 9.53 Å². The van der Waals surface area contributed by atoms with Crippen LogP contribution in [0.5, 0.6) is 0 Å². The molecule has 1 amide bonds. The van der Waals surface area contributed by atoms with E-state index in [1.165, 1.54) is 5.56 Å². The van der Waals surface area contributed by atoms with Gasteiger partial charge in [-0.15, -0.1) is 0 Å². The zero-order valence-electron chi connectivity index (χ0n) is 11.9. The highest BCUT2D eigenvalue weighted by molar-refractivity contribution is 5.66. The second-order valence-electron chi connectivity index (χ2n) is 4.50. The number of rotatable bonds is 8. The number of benzene rings is 1. The lowest BCUT2D eigenvalue weighted by molar-refractivity contribution is 0.139. The number of nitrogens with zero attached hydrogens (tertiary/aromatic N) is 1. The molecular weight excluding hydrogens is 240 g/mol. The smallest absolute Gasteiger partial charge is 0.406 e. The van der Waals surface area contributed by atoms with E-state index >= 15 is 0 Å². The minimum absolute atomic E-state index is 0.356. The van der Waals surface area contributed by atoms with Gasteiger partial charge in [0.05, 0.1) is 6.61 Å². The van der Waals surface area contributed by atoms with E-state index in [1.54, 1.807) is 7.05 Å². The van der Waals surface area contributed by atoms with Crippen LogP contribution in [0.4, 0.5) is 4.79 Å². The lowest BCUT2D eigenvalue weighted by atomic mass is 10.2. The zero-order valence-corrected chi connectivity index (χ0v) is 11.9. The van der Waals surface area contributed by atoms with Crippen molar-refractivity contribution in [2.75, 3.05) is 26.7 Å². The van der Waals surface area contributed by atoms with Crippen molar-refractivity contribution in [1.29, 1.82) is 0 Å². The molecule has 0 aliphatic rings. The van der Waals surface area contributed by atoms with Crippen molar-refractivity contribution in [2.45, 2.75) is 26.3 Å². The van der Waals surface area contributed by atoms with Gasteiger partial charge in [-0.3, -0.25) is 4.90 Å². The lowest BCUT2D eigenvalue weighted by Gasteiger charge is -2.21. The predicted molar refractivity (Wildman–Crippen MR) is 77.0 cm³/mol. The molecular formula is C15H24N2O2. The number of carbonyl (C=O) groups is 1. The van der Waals surface area contributed by atoms with Crippen molar-refractivity contribution >= 4 is 6.09 Å². The molecule has 0 fully saturated rings. The van der Waals surface area contributed by atoms with Gasteiger partial charge < -0.3 is 10.1 Å². The van der Waals surface area contributed by atoms with E-state index in [4.69, 9.17) is 4.74 Å². The standard InChI is InChI=1S/C15H24N2O2/c1-3-10-17(11-7-12-19-15(18)16-2)13-14-8-5-4-6-9-14/h4-6,8-9H,3,7,10-13H2,1-2H3,(H,16,18).